The molecule has 0 aromatic heterocycles. The number of piperazine rings is 1. The quantitative estimate of drug-likeness (QED) is 0.631. The summed E-state index contributed by atoms with van der Waals surface area (Å²) in [6, 6.07) is 1.98. The summed E-state index contributed by atoms with van der Waals surface area (Å²) in [6.07, 6.45) is -0.526. The molecule has 1 aliphatic heterocycles. The minimum Gasteiger partial charge on any atom is -0.462 e. The van der Waals surface area contributed by atoms with Gasteiger partial charge in [0.25, 0.3) is 0 Å². The molecule has 0 bridgehead atoms. The predicted octanol–water partition coefficient (Wildman–Crippen LogP) is 4.39. The highest BCUT2D eigenvalue weighted by molar-refractivity contribution is 5.79. The molecule has 0 spiro atoms. The number of amides is 1. The number of alkyl halides is 2. The van der Waals surface area contributed by atoms with Crippen LogP contribution in [0, 0.1) is 5.82 Å². The maximum absolute atomic E-state index is 15.3. The largest absolute Gasteiger partial charge is 0.462 e. The lowest BCUT2D eigenvalue weighted by atomic mass is 9.94. The smallest absolute Gasteiger partial charge is 0.410 e. The Morgan fingerprint density at radius 3 is 2.19 bits per heavy atom. The summed E-state index contributed by atoms with van der Waals surface area (Å²) < 4.78 is 54.1. The van der Waals surface area contributed by atoms with E-state index < -0.39 is 47.5 Å². The van der Waals surface area contributed by atoms with Crippen LogP contribution in [0.3, 0.4) is 0 Å². The number of halogens is 3. The summed E-state index contributed by atoms with van der Waals surface area (Å²) in [5.41, 5.74) is -0.602. The minimum atomic E-state index is -3.88. The van der Waals surface area contributed by atoms with E-state index in [0.29, 0.717) is 0 Å². The summed E-state index contributed by atoms with van der Waals surface area (Å²) in [7, 11) is 0. The van der Waals surface area contributed by atoms with Crippen LogP contribution in [0.4, 0.5) is 18.0 Å². The van der Waals surface area contributed by atoms with Crippen molar-refractivity contribution in [2.45, 2.75) is 71.2 Å². The van der Waals surface area contributed by atoms with Gasteiger partial charge in [-0.05, 0) is 59.2 Å². The maximum atomic E-state index is 15.3. The molecule has 6 nitrogen and oxygen atoms in total. The molecule has 31 heavy (non-hydrogen) atoms. The number of hydrogen-bond acceptors (Lipinski definition) is 5. The zero-order valence-corrected chi connectivity index (χ0v) is 18.8. The van der Waals surface area contributed by atoms with Crippen molar-refractivity contribution in [1.82, 2.24) is 9.80 Å². The van der Waals surface area contributed by atoms with Gasteiger partial charge in [0, 0.05) is 25.2 Å². The Labute approximate surface area is 181 Å². The highest BCUT2D eigenvalue weighted by Crippen LogP contribution is 2.40. The average Bonchev–Trinajstić information content (AvgIpc) is 2.64. The summed E-state index contributed by atoms with van der Waals surface area (Å²) in [5.74, 6) is -6.09. The van der Waals surface area contributed by atoms with Crippen molar-refractivity contribution in [3.63, 3.8) is 0 Å². The van der Waals surface area contributed by atoms with Gasteiger partial charge in [0.2, 0.25) is 0 Å². The van der Waals surface area contributed by atoms with Gasteiger partial charge in [0.1, 0.15) is 17.5 Å². The molecule has 0 N–H and O–H groups in total. The third-order valence-electron chi connectivity index (χ3n) is 5.07. The average molecular weight is 444 g/mol. The standard InChI is InChI=1S/C22H31F3N2O4/c1-7-30-19(28)22(24,25)18(16-8-10-17(23)11-9-16)26-12-15(3)27(13-14(26)2)20(29)31-21(4,5)6/h8-11,14-15,18H,7,12-13H2,1-6H3/t14-,15+,18?/m1/s1. The van der Waals surface area contributed by atoms with Crippen LogP contribution in [0.5, 0.6) is 0 Å². The van der Waals surface area contributed by atoms with Gasteiger partial charge in [0.05, 0.1) is 6.61 Å². The summed E-state index contributed by atoms with van der Waals surface area (Å²) >= 11 is 0. The van der Waals surface area contributed by atoms with Crippen molar-refractivity contribution in [2.24, 2.45) is 0 Å². The Morgan fingerprint density at radius 1 is 1.10 bits per heavy atom. The Balaban J connectivity index is 2.37. The second kappa shape index (κ2) is 9.46. The van der Waals surface area contributed by atoms with Crippen LogP contribution in [0.15, 0.2) is 24.3 Å². The molecule has 9 heteroatoms. The van der Waals surface area contributed by atoms with Gasteiger partial charge in [-0.1, -0.05) is 12.1 Å². The Kier molecular flexibility index (Phi) is 7.62. The van der Waals surface area contributed by atoms with Crippen LogP contribution < -0.4 is 0 Å². The van der Waals surface area contributed by atoms with Crippen LogP contribution in [0.25, 0.3) is 0 Å². The number of hydrogen-bond donors (Lipinski definition) is 0. The van der Waals surface area contributed by atoms with E-state index in [9.17, 15) is 14.0 Å². The van der Waals surface area contributed by atoms with Gasteiger partial charge >= 0.3 is 18.0 Å². The van der Waals surface area contributed by atoms with E-state index in [-0.39, 0.29) is 25.3 Å². The van der Waals surface area contributed by atoms with E-state index in [4.69, 9.17) is 4.74 Å². The van der Waals surface area contributed by atoms with Crippen molar-refractivity contribution in [1.29, 1.82) is 0 Å². The third kappa shape index (κ3) is 5.90. The molecule has 1 saturated heterocycles. The van der Waals surface area contributed by atoms with E-state index in [1.165, 1.54) is 28.9 Å². The summed E-state index contributed by atoms with van der Waals surface area (Å²) in [6.45, 7) is 10.1. The first-order valence-corrected chi connectivity index (χ1v) is 10.3. The third-order valence-corrected chi connectivity index (χ3v) is 5.07. The molecular weight excluding hydrogens is 413 g/mol. The highest BCUT2D eigenvalue weighted by Gasteiger charge is 2.54. The lowest BCUT2D eigenvalue weighted by Crippen LogP contribution is -2.62. The molecule has 1 amide bonds. The van der Waals surface area contributed by atoms with Crippen LogP contribution >= 0.6 is 0 Å². The Hall–Kier alpha value is -2.29. The Morgan fingerprint density at radius 2 is 1.68 bits per heavy atom. The second-order valence-electron chi connectivity index (χ2n) is 8.83. The predicted molar refractivity (Wildman–Crippen MR) is 109 cm³/mol. The first-order chi connectivity index (χ1) is 14.3. The van der Waals surface area contributed by atoms with E-state index in [1.54, 1.807) is 34.6 Å². The first-order valence-electron chi connectivity index (χ1n) is 10.3. The number of nitrogens with zero attached hydrogens (tertiary/aromatic N) is 2. The van der Waals surface area contributed by atoms with Gasteiger partial charge in [-0.2, -0.15) is 8.78 Å². The van der Waals surface area contributed by atoms with Crippen LogP contribution in [0.2, 0.25) is 0 Å². The number of carbonyl (C=O) groups is 2. The minimum absolute atomic E-state index is 0.0669. The van der Waals surface area contributed by atoms with E-state index in [1.807, 2.05) is 0 Å². The topological polar surface area (TPSA) is 59.1 Å². The van der Waals surface area contributed by atoms with Gasteiger partial charge in [-0.25, -0.2) is 14.0 Å². The molecule has 1 aromatic carbocycles. The number of carbonyl (C=O) groups excluding carboxylic acids is 2. The van der Waals surface area contributed by atoms with Crippen molar-refractivity contribution in [3.8, 4) is 0 Å². The maximum Gasteiger partial charge on any atom is 0.410 e. The lowest BCUT2D eigenvalue weighted by molar-refractivity contribution is -0.187. The van der Waals surface area contributed by atoms with Crippen molar-refractivity contribution < 1.29 is 32.2 Å². The van der Waals surface area contributed by atoms with E-state index in [2.05, 4.69) is 4.74 Å². The number of ether oxygens (including phenoxy) is 2. The molecule has 1 heterocycles. The van der Waals surface area contributed by atoms with E-state index >= 15 is 8.78 Å². The van der Waals surface area contributed by atoms with Gasteiger partial charge in [0.15, 0.2) is 0 Å². The van der Waals surface area contributed by atoms with Crippen molar-refractivity contribution in [2.75, 3.05) is 19.7 Å². The fourth-order valence-electron chi connectivity index (χ4n) is 3.68. The molecule has 1 aromatic rings. The normalized spacial score (nSPS) is 21.5. The molecule has 1 unspecified atom stereocenters. The molecule has 3 atom stereocenters. The van der Waals surface area contributed by atoms with Crippen molar-refractivity contribution >= 4 is 12.1 Å². The van der Waals surface area contributed by atoms with Gasteiger partial charge in [-0.15, -0.1) is 0 Å². The van der Waals surface area contributed by atoms with Gasteiger partial charge < -0.3 is 14.4 Å². The zero-order chi connectivity index (χ0) is 23.6. The molecule has 174 valence electrons. The van der Waals surface area contributed by atoms with Crippen LogP contribution in [-0.2, 0) is 14.3 Å². The molecule has 2 rings (SSSR count). The summed E-state index contributed by atoms with van der Waals surface area (Å²) in [4.78, 5) is 27.7. The summed E-state index contributed by atoms with van der Waals surface area (Å²) in [5, 5.41) is 0. The molecular formula is C22H31F3N2O4. The number of rotatable bonds is 5. The molecule has 0 aliphatic carbocycles. The van der Waals surface area contributed by atoms with Crippen LogP contribution in [-0.4, -0.2) is 65.2 Å². The Bertz CT molecular complexity index is 780. The number of esters is 1. The van der Waals surface area contributed by atoms with Crippen LogP contribution in [0.1, 0.15) is 53.1 Å². The van der Waals surface area contributed by atoms with E-state index in [0.717, 1.165) is 12.1 Å². The number of benzene rings is 1. The fraction of sp³-hybridized carbons (Fsp3) is 0.636. The van der Waals surface area contributed by atoms with Crippen molar-refractivity contribution in [3.05, 3.63) is 35.6 Å². The molecule has 1 aliphatic rings. The molecule has 0 radical (unpaired) electrons. The molecule has 1 fully saturated rings. The van der Waals surface area contributed by atoms with Gasteiger partial charge in [-0.3, -0.25) is 4.90 Å². The fourth-order valence-corrected chi connectivity index (χ4v) is 3.68. The SMILES string of the molecule is CCOC(=O)C(F)(F)C(c1ccc(F)cc1)N1C[C@H](C)N(C(=O)OC(C)(C)C)C[C@H]1C. The zero-order valence-electron chi connectivity index (χ0n) is 18.8. The highest BCUT2D eigenvalue weighted by atomic mass is 19.3. The second-order valence-corrected chi connectivity index (χ2v) is 8.83. The molecule has 0 saturated carbocycles. The first kappa shape index (κ1) is 25.0. The lowest BCUT2D eigenvalue weighted by Gasteiger charge is -2.48. The monoisotopic (exact) mass is 444 g/mol.